The van der Waals surface area contributed by atoms with Gasteiger partial charge in [-0.3, -0.25) is 9.59 Å². The molecule has 0 unspecified atom stereocenters. The number of hydrogen-bond acceptors (Lipinski definition) is 4. The first-order chi connectivity index (χ1) is 12.0. The molecule has 0 radical (unpaired) electrons. The van der Waals surface area contributed by atoms with E-state index < -0.39 is 5.97 Å². The van der Waals surface area contributed by atoms with Crippen molar-refractivity contribution >= 4 is 11.9 Å². The minimum atomic E-state index is -0.536. The summed E-state index contributed by atoms with van der Waals surface area (Å²) in [6.07, 6.45) is 0. The molecule has 0 aliphatic heterocycles. The Bertz CT molecular complexity index is 816. The Balaban J connectivity index is 2.14. The molecule has 0 atom stereocenters. The quantitative estimate of drug-likeness (QED) is 0.638. The lowest BCUT2D eigenvalue weighted by Crippen LogP contribution is -2.30. The van der Waals surface area contributed by atoms with Crippen molar-refractivity contribution < 1.29 is 19.2 Å². The van der Waals surface area contributed by atoms with Gasteiger partial charge in [-0.25, -0.2) is 0 Å². The van der Waals surface area contributed by atoms with Crippen LogP contribution >= 0.6 is 0 Å². The van der Waals surface area contributed by atoms with Crippen molar-refractivity contribution in [3.63, 3.8) is 0 Å². The number of hydroxylamine groups is 2. The number of benzene rings is 2. The van der Waals surface area contributed by atoms with Crippen molar-refractivity contribution in [3.8, 4) is 17.6 Å². The fourth-order valence-electron chi connectivity index (χ4n) is 2.10. The van der Waals surface area contributed by atoms with Crippen molar-refractivity contribution in [1.29, 1.82) is 0 Å². The van der Waals surface area contributed by atoms with Crippen LogP contribution < -0.4 is 4.74 Å². The molecule has 1 amide bonds. The highest BCUT2D eigenvalue weighted by atomic mass is 16.7. The van der Waals surface area contributed by atoms with Crippen molar-refractivity contribution in [2.45, 2.75) is 20.4 Å². The fraction of sp³-hybridized carbons (Fsp3) is 0.200. The second-order valence-electron chi connectivity index (χ2n) is 5.32. The van der Waals surface area contributed by atoms with Gasteiger partial charge in [0.25, 0.3) is 5.91 Å². The predicted molar refractivity (Wildman–Crippen MR) is 93.4 cm³/mol. The Labute approximate surface area is 147 Å². The maximum absolute atomic E-state index is 11.5. The molecule has 0 saturated carbocycles. The van der Waals surface area contributed by atoms with Crippen molar-refractivity contribution in [1.82, 2.24) is 5.06 Å². The third-order valence-corrected chi connectivity index (χ3v) is 3.28. The average molecular weight is 337 g/mol. The van der Waals surface area contributed by atoms with E-state index in [0.29, 0.717) is 0 Å². The zero-order valence-corrected chi connectivity index (χ0v) is 14.4. The summed E-state index contributed by atoms with van der Waals surface area (Å²) in [6.45, 7) is 2.77. The van der Waals surface area contributed by atoms with Gasteiger partial charge in [0.15, 0.2) is 0 Å². The van der Waals surface area contributed by atoms with Gasteiger partial charge in [0.05, 0.1) is 13.7 Å². The van der Waals surface area contributed by atoms with Gasteiger partial charge in [0.1, 0.15) is 5.75 Å². The zero-order chi connectivity index (χ0) is 18.2. The van der Waals surface area contributed by atoms with Crippen LogP contribution in [-0.2, 0) is 21.0 Å². The first-order valence-electron chi connectivity index (χ1n) is 7.69. The Hall–Kier alpha value is -3.26. The van der Waals surface area contributed by atoms with Crippen molar-refractivity contribution in [2.24, 2.45) is 0 Å². The van der Waals surface area contributed by atoms with Crippen LogP contribution in [0.5, 0.6) is 5.75 Å². The lowest BCUT2D eigenvalue weighted by molar-refractivity contribution is -0.197. The second kappa shape index (κ2) is 8.55. The smallest absolute Gasteiger partial charge is 0.329 e. The number of amides is 1. The Morgan fingerprint density at radius 1 is 1.00 bits per heavy atom. The van der Waals surface area contributed by atoms with E-state index in [0.717, 1.165) is 27.5 Å². The molecule has 2 aromatic rings. The maximum Gasteiger partial charge on any atom is 0.329 e. The molecule has 5 heteroatoms. The first kappa shape index (κ1) is 18.1. The summed E-state index contributed by atoms with van der Waals surface area (Å²) in [5.41, 5.74) is 2.49. The molecular formula is C20H19NO4. The molecule has 2 rings (SSSR count). The van der Waals surface area contributed by atoms with Crippen molar-refractivity contribution in [2.75, 3.05) is 7.11 Å². The van der Waals surface area contributed by atoms with Gasteiger partial charge in [-0.15, -0.1) is 0 Å². The number of methoxy groups -OCH3 is 1. The van der Waals surface area contributed by atoms with E-state index >= 15 is 0 Å². The Morgan fingerprint density at radius 2 is 1.68 bits per heavy atom. The van der Waals surface area contributed by atoms with E-state index in [1.807, 2.05) is 48.5 Å². The molecule has 5 nitrogen and oxygen atoms in total. The minimum absolute atomic E-state index is 0.174. The molecule has 0 spiro atoms. The standard InChI is InChI=1S/C20H19NO4/c1-15(22)21(25-16(2)23)14-19-6-4-5-18(13-19)8-7-17-9-11-20(24-3)12-10-17/h4-6,9-13H,14H2,1-3H3. The lowest BCUT2D eigenvalue weighted by atomic mass is 10.1. The number of carbonyl (C=O) groups is 2. The monoisotopic (exact) mass is 337 g/mol. The molecule has 0 bridgehead atoms. The highest BCUT2D eigenvalue weighted by molar-refractivity contribution is 5.75. The Morgan fingerprint density at radius 3 is 2.28 bits per heavy atom. The molecule has 0 aromatic heterocycles. The van der Waals surface area contributed by atoms with Crippen LogP contribution in [0, 0.1) is 11.8 Å². The van der Waals surface area contributed by atoms with Crippen LogP contribution in [0.15, 0.2) is 48.5 Å². The lowest BCUT2D eigenvalue weighted by Gasteiger charge is -2.18. The van der Waals surface area contributed by atoms with E-state index in [2.05, 4.69) is 11.8 Å². The van der Waals surface area contributed by atoms with Gasteiger partial charge in [-0.2, -0.15) is 5.06 Å². The van der Waals surface area contributed by atoms with Gasteiger partial charge in [-0.1, -0.05) is 24.0 Å². The molecule has 0 aliphatic rings. The number of hydrogen-bond donors (Lipinski definition) is 0. The van der Waals surface area contributed by atoms with Gasteiger partial charge in [0.2, 0.25) is 0 Å². The van der Waals surface area contributed by atoms with E-state index in [4.69, 9.17) is 9.57 Å². The highest BCUT2D eigenvalue weighted by Gasteiger charge is 2.13. The van der Waals surface area contributed by atoms with E-state index in [9.17, 15) is 9.59 Å². The molecule has 2 aromatic carbocycles. The van der Waals surface area contributed by atoms with Crippen LogP contribution in [0.2, 0.25) is 0 Å². The SMILES string of the molecule is COc1ccc(C#Cc2cccc(CN(OC(C)=O)C(C)=O)c2)cc1. The number of rotatable bonds is 3. The molecule has 25 heavy (non-hydrogen) atoms. The molecule has 0 fully saturated rings. The van der Waals surface area contributed by atoms with E-state index in [-0.39, 0.29) is 12.5 Å². The third kappa shape index (κ3) is 5.70. The normalized spacial score (nSPS) is 9.56. The Kier molecular flexibility index (Phi) is 6.19. The summed E-state index contributed by atoms with van der Waals surface area (Å²) < 4.78 is 5.12. The second-order valence-corrected chi connectivity index (χ2v) is 5.32. The summed E-state index contributed by atoms with van der Waals surface area (Å²) in [5.74, 6) is 6.06. The summed E-state index contributed by atoms with van der Waals surface area (Å²) >= 11 is 0. The minimum Gasteiger partial charge on any atom is -0.497 e. The molecule has 0 saturated heterocycles. The average Bonchev–Trinajstić information content (AvgIpc) is 2.60. The first-order valence-corrected chi connectivity index (χ1v) is 7.69. The maximum atomic E-state index is 11.5. The summed E-state index contributed by atoms with van der Waals surface area (Å²) in [6, 6.07) is 14.9. The van der Waals surface area contributed by atoms with Gasteiger partial charge in [0, 0.05) is 25.0 Å². The van der Waals surface area contributed by atoms with Crippen LogP contribution in [-0.4, -0.2) is 24.0 Å². The molecule has 0 N–H and O–H groups in total. The van der Waals surface area contributed by atoms with E-state index in [1.54, 1.807) is 7.11 Å². The van der Waals surface area contributed by atoms with Crippen LogP contribution in [0.25, 0.3) is 0 Å². The third-order valence-electron chi connectivity index (χ3n) is 3.28. The van der Waals surface area contributed by atoms with Crippen LogP contribution in [0.4, 0.5) is 0 Å². The number of carbonyl (C=O) groups excluding carboxylic acids is 2. The van der Waals surface area contributed by atoms with Gasteiger partial charge in [-0.05, 0) is 42.0 Å². The summed E-state index contributed by atoms with van der Waals surface area (Å²) in [7, 11) is 1.62. The number of ether oxygens (including phenoxy) is 1. The van der Waals surface area contributed by atoms with Crippen LogP contribution in [0.3, 0.4) is 0 Å². The van der Waals surface area contributed by atoms with Gasteiger partial charge < -0.3 is 9.57 Å². The summed E-state index contributed by atoms with van der Waals surface area (Å²) in [5, 5.41) is 1.03. The molecule has 0 aliphatic carbocycles. The highest BCUT2D eigenvalue weighted by Crippen LogP contribution is 2.12. The number of nitrogens with zero attached hydrogens (tertiary/aromatic N) is 1. The molecular weight excluding hydrogens is 318 g/mol. The topological polar surface area (TPSA) is 55.8 Å². The largest absolute Gasteiger partial charge is 0.497 e. The van der Waals surface area contributed by atoms with Crippen LogP contribution in [0.1, 0.15) is 30.5 Å². The molecule has 128 valence electrons. The fourth-order valence-corrected chi connectivity index (χ4v) is 2.10. The summed E-state index contributed by atoms with van der Waals surface area (Å²) in [4.78, 5) is 27.5. The zero-order valence-electron chi connectivity index (χ0n) is 14.4. The molecule has 0 heterocycles. The van der Waals surface area contributed by atoms with E-state index in [1.165, 1.54) is 13.8 Å². The predicted octanol–water partition coefficient (Wildman–Crippen LogP) is 2.92. The van der Waals surface area contributed by atoms with Crippen molar-refractivity contribution in [3.05, 3.63) is 65.2 Å². The van der Waals surface area contributed by atoms with Gasteiger partial charge >= 0.3 is 5.97 Å².